The van der Waals surface area contributed by atoms with Crippen LogP contribution in [0.3, 0.4) is 0 Å². The fraction of sp³-hybridized carbons (Fsp3) is 0.833. The van der Waals surface area contributed by atoms with Crippen molar-refractivity contribution >= 4 is 11.4 Å². The molecule has 0 amide bonds. The lowest BCUT2D eigenvalue weighted by atomic mass is 10.0. The van der Waals surface area contributed by atoms with Crippen LogP contribution in [0.1, 0.15) is 41.5 Å². The maximum atomic E-state index is 5.46. The van der Waals surface area contributed by atoms with E-state index < -0.39 is 11.2 Å². The van der Waals surface area contributed by atoms with Crippen LogP contribution in [-0.4, -0.2) is 36.7 Å². The first kappa shape index (κ1) is 15.3. The van der Waals surface area contributed by atoms with E-state index in [-0.39, 0.29) is 0 Å². The molecule has 0 bridgehead atoms. The van der Waals surface area contributed by atoms with E-state index in [0.29, 0.717) is 0 Å². The highest BCUT2D eigenvalue weighted by atomic mass is 17.2. The van der Waals surface area contributed by atoms with Crippen molar-refractivity contribution in [3.63, 3.8) is 0 Å². The molecule has 0 unspecified atom stereocenters. The Morgan fingerprint density at radius 1 is 0.750 bits per heavy atom. The summed E-state index contributed by atoms with van der Waals surface area (Å²) in [4.78, 5) is 19.1. The molecule has 0 heterocycles. The van der Waals surface area contributed by atoms with Gasteiger partial charge in [0, 0.05) is 25.5 Å². The van der Waals surface area contributed by atoms with E-state index in [9.17, 15) is 0 Å². The highest BCUT2D eigenvalue weighted by molar-refractivity contribution is 5.90. The summed E-state index contributed by atoms with van der Waals surface area (Å²) in [5.41, 5.74) is 0.712. The molecule has 4 nitrogen and oxygen atoms in total. The molecule has 0 radical (unpaired) electrons. The predicted molar refractivity (Wildman–Crippen MR) is 68.4 cm³/mol. The van der Waals surface area contributed by atoms with E-state index >= 15 is 0 Å². The van der Waals surface area contributed by atoms with Crippen molar-refractivity contribution in [2.24, 2.45) is 9.98 Å². The minimum Gasteiger partial charge on any atom is -0.295 e. The van der Waals surface area contributed by atoms with Gasteiger partial charge in [-0.3, -0.25) is 9.98 Å². The van der Waals surface area contributed by atoms with Crippen LogP contribution in [-0.2, 0) is 9.78 Å². The monoisotopic (exact) mass is 228 g/mol. The average molecular weight is 228 g/mol. The third-order valence-corrected chi connectivity index (χ3v) is 2.87. The predicted octanol–water partition coefficient (Wildman–Crippen LogP) is 2.67. The Kier molecular flexibility index (Phi) is 5.29. The van der Waals surface area contributed by atoms with E-state index in [0.717, 1.165) is 11.4 Å². The Labute approximate surface area is 98.7 Å². The summed E-state index contributed by atoms with van der Waals surface area (Å²) < 4.78 is 0. The normalized spacial score (nSPS) is 15.5. The van der Waals surface area contributed by atoms with Gasteiger partial charge in [-0.2, -0.15) is 0 Å². The van der Waals surface area contributed by atoms with Gasteiger partial charge >= 0.3 is 0 Å². The quantitative estimate of drug-likeness (QED) is 0.412. The largest absolute Gasteiger partial charge is 0.295 e. The molecular weight excluding hydrogens is 204 g/mol. The highest BCUT2D eigenvalue weighted by Gasteiger charge is 2.30. The van der Waals surface area contributed by atoms with Crippen LogP contribution in [0.2, 0.25) is 0 Å². The molecule has 0 aromatic heterocycles. The van der Waals surface area contributed by atoms with Gasteiger partial charge in [-0.15, -0.1) is 0 Å². The maximum Gasteiger partial charge on any atom is 0.135 e. The Bertz CT molecular complexity index is 261. The van der Waals surface area contributed by atoms with Crippen LogP contribution in [0, 0.1) is 0 Å². The van der Waals surface area contributed by atoms with Gasteiger partial charge in [-0.1, -0.05) is 0 Å². The maximum absolute atomic E-state index is 5.46. The highest BCUT2D eigenvalue weighted by Crippen LogP contribution is 2.19. The van der Waals surface area contributed by atoms with Crippen molar-refractivity contribution in [1.29, 1.82) is 0 Å². The summed E-state index contributed by atoms with van der Waals surface area (Å²) in [5.74, 6) is 0. The van der Waals surface area contributed by atoms with Gasteiger partial charge in [0.25, 0.3) is 0 Å². The standard InChI is InChI=1S/C12H24N2O2/c1-9(13-7)11(3,4)15-16-12(5,6)10(2)14-8/h1-8H3. The van der Waals surface area contributed by atoms with E-state index in [4.69, 9.17) is 9.78 Å². The van der Waals surface area contributed by atoms with E-state index in [1.165, 1.54) is 0 Å². The summed E-state index contributed by atoms with van der Waals surface area (Å²) >= 11 is 0. The molecule has 0 aromatic rings. The fourth-order valence-electron chi connectivity index (χ4n) is 0.867. The molecule has 0 aromatic carbocycles. The smallest absolute Gasteiger partial charge is 0.135 e. The molecule has 0 saturated heterocycles. The molecule has 0 spiro atoms. The summed E-state index contributed by atoms with van der Waals surface area (Å²) in [6, 6.07) is 0. The van der Waals surface area contributed by atoms with Crippen LogP contribution in [0.5, 0.6) is 0 Å². The molecule has 0 saturated carbocycles. The molecule has 0 atom stereocenters. The van der Waals surface area contributed by atoms with Crippen molar-refractivity contribution in [2.75, 3.05) is 14.1 Å². The molecule has 0 aliphatic rings. The summed E-state index contributed by atoms with van der Waals surface area (Å²) in [6.07, 6.45) is 0. The molecule has 0 aliphatic heterocycles. The van der Waals surface area contributed by atoms with Crippen molar-refractivity contribution in [3.05, 3.63) is 0 Å². The fourth-order valence-corrected chi connectivity index (χ4v) is 0.867. The van der Waals surface area contributed by atoms with Crippen molar-refractivity contribution in [3.8, 4) is 0 Å². The van der Waals surface area contributed by atoms with Crippen LogP contribution in [0.4, 0.5) is 0 Å². The summed E-state index contributed by atoms with van der Waals surface area (Å²) in [5, 5.41) is 0. The Morgan fingerprint density at radius 2 is 1.00 bits per heavy atom. The first-order chi connectivity index (χ1) is 7.17. The zero-order valence-electron chi connectivity index (χ0n) is 11.7. The van der Waals surface area contributed by atoms with Crippen molar-refractivity contribution in [1.82, 2.24) is 0 Å². The molecular formula is C12H24N2O2. The number of rotatable bonds is 5. The molecule has 0 aliphatic carbocycles. The first-order valence-electron chi connectivity index (χ1n) is 5.42. The van der Waals surface area contributed by atoms with Gasteiger partial charge in [0.15, 0.2) is 0 Å². The van der Waals surface area contributed by atoms with Gasteiger partial charge in [-0.25, -0.2) is 9.78 Å². The molecule has 16 heavy (non-hydrogen) atoms. The number of aliphatic imine (C=N–C) groups is 2. The van der Waals surface area contributed by atoms with Crippen LogP contribution < -0.4 is 0 Å². The summed E-state index contributed by atoms with van der Waals surface area (Å²) in [7, 11) is 3.48. The van der Waals surface area contributed by atoms with Gasteiger partial charge in [0.05, 0.1) is 0 Å². The topological polar surface area (TPSA) is 43.2 Å². The van der Waals surface area contributed by atoms with Crippen LogP contribution >= 0.6 is 0 Å². The molecule has 4 heteroatoms. The third kappa shape index (κ3) is 4.02. The van der Waals surface area contributed by atoms with Gasteiger partial charge in [0.2, 0.25) is 0 Å². The molecule has 0 rings (SSSR count). The molecule has 0 fully saturated rings. The minimum atomic E-state index is -0.528. The Hall–Kier alpha value is -0.740. The number of hydrogen-bond acceptors (Lipinski definition) is 4. The molecule has 94 valence electrons. The zero-order chi connectivity index (χ0) is 13.0. The lowest BCUT2D eigenvalue weighted by molar-refractivity contribution is -0.369. The second-order valence-electron chi connectivity index (χ2n) is 4.81. The third-order valence-electron chi connectivity index (χ3n) is 2.87. The van der Waals surface area contributed by atoms with Crippen LogP contribution in [0.25, 0.3) is 0 Å². The van der Waals surface area contributed by atoms with Gasteiger partial charge < -0.3 is 0 Å². The lowest BCUT2D eigenvalue weighted by Crippen LogP contribution is -2.40. The van der Waals surface area contributed by atoms with Gasteiger partial charge in [-0.05, 0) is 41.5 Å². The van der Waals surface area contributed by atoms with E-state index in [2.05, 4.69) is 9.98 Å². The Balaban J connectivity index is 4.58. The number of nitrogens with zero attached hydrogens (tertiary/aromatic N) is 2. The van der Waals surface area contributed by atoms with E-state index in [1.54, 1.807) is 14.1 Å². The number of hydrogen-bond donors (Lipinski definition) is 0. The van der Waals surface area contributed by atoms with E-state index in [1.807, 2.05) is 41.5 Å². The first-order valence-corrected chi connectivity index (χ1v) is 5.42. The molecule has 0 N–H and O–H groups in total. The second kappa shape index (κ2) is 5.55. The van der Waals surface area contributed by atoms with Gasteiger partial charge in [0.1, 0.15) is 11.2 Å². The minimum absolute atomic E-state index is 0.528. The Morgan fingerprint density at radius 3 is 1.19 bits per heavy atom. The average Bonchev–Trinajstić information content (AvgIpc) is 2.24. The second-order valence-corrected chi connectivity index (χ2v) is 4.81. The zero-order valence-corrected chi connectivity index (χ0v) is 11.7. The summed E-state index contributed by atoms with van der Waals surface area (Å²) in [6.45, 7) is 11.5. The van der Waals surface area contributed by atoms with Crippen molar-refractivity contribution < 1.29 is 9.78 Å². The van der Waals surface area contributed by atoms with Crippen molar-refractivity contribution in [2.45, 2.75) is 52.7 Å². The van der Waals surface area contributed by atoms with Crippen LogP contribution in [0.15, 0.2) is 9.98 Å². The lowest BCUT2D eigenvalue weighted by Gasteiger charge is -2.30. The SMILES string of the molecule is CN=C(C)C(C)(C)OOC(C)(C)C(C)=NC.